The van der Waals surface area contributed by atoms with E-state index in [4.69, 9.17) is 0 Å². The van der Waals surface area contributed by atoms with Crippen LogP contribution in [0.25, 0.3) is 10.4 Å². The topological polar surface area (TPSA) is 12.9 Å². The summed E-state index contributed by atoms with van der Waals surface area (Å²) in [5.41, 5.74) is 2.55. The van der Waals surface area contributed by atoms with E-state index in [9.17, 15) is 0 Å². The maximum atomic E-state index is 4.08. The monoisotopic (exact) mass is 253 g/mol. The van der Waals surface area contributed by atoms with Crippen molar-refractivity contribution in [1.82, 2.24) is 4.37 Å². The number of hydrogen-bond donors (Lipinski definition) is 0. The summed E-state index contributed by atoms with van der Waals surface area (Å²) >= 11 is 4.97. The van der Waals surface area contributed by atoms with E-state index in [1.54, 1.807) is 0 Å². The molecule has 0 N–H and O–H groups in total. The minimum atomic E-state index is 0.902. The lowest BCUT2D eigenvalue weighted by molar-refractivity contribution is 1.44. The van der Waals surface area contributed by atoms with Crippen molar-refractivity contribution in [2.75, 3.05) is 0 Å². The lowest BCUT2D eigenvalue weighted by atomic mass is 10.1. The molecule has 2 rings (SSSR count). The number of alkyl halides is 1. The molecule has 1 aromatic heterocycles. The van der Waals surface area contributed by atoms with Crippen LogP contribution >= 0.6 is 27.5 Å². The van der Waals surface area contributed by atoms with Crippen molar-refractivity contribution in [3.63, 3.8) is 0 Å². The van der Waals surface area contributed by atoms with Crippen molar-refractivity contribution in [2.45, 2.75) is 5.33 Å². The van der Waals surface area contributed by atoms with Crippen molar-refractivity contribution in [3.8, 4) is 10.4 Å². The summed E-state index contributed by atoms with van der Waals surface area (Å²) in [4.78, 5) is 1.22. The highest BCUT2D eigenvalue weighted by Gasteiger charge is 1.99. The van der Waals surface area contributed by atoms with Crippen LogP contribution in [0.3, 0.4) is 0 Å². The first-order valence-corrected chi connectivity index (χ1v) is 5.85. The average Bonchev–Trinajstić information content (AvgIpc) is 2.71. The summed E-state index contributed by atoms with van der Waals surface area (Å²) in [7, 11) is 0. The maximum Gasteiger partial charge on any atom is 0.0549 e. The minimum absolute atomic E-state index is 0.902. The molecule has 13 heavy (non-hydrogen) atoms. The van der Waals surface area contributed by atoms with E-state index in [-0.39, 0.29) is 0 Å². The van der Waals surface area contributed by atoms with Crippen LogP contribution in [-0.4, -0.2) is 4.37 Å². The highest BCUT2D eigenvalue weighted by molar-refractivity contribution is 9.08. The van der Waals surface area contributed by atoms with Crippen LogP contribution in [0.4, 0.5) is 0 Å². The molecule has 1 heterocycles. The minimum Gasteiger partial charge on any atom is -0.201 e. The Labute approximate surface area is 89.7 Å². The van der Waals surface area contributed by atoms with Crippen LogP contribution in [-0.2, 0) is 5.33 Å². The molecule has 1 aromatic carbocycles. The molecule has 0 aliphatic heterocycles. The maximum absolute atomic E-state index is 4.08. The van der Waals surface area contributed by atoms with Gasteiger partial charge < -0.3 is 0 Å². The van der Waals surface area contributed by atoms with E-state index >= 15 is 0 Å². The van der Waals surface area contributed by atoms with Crippen LogP contribution < -0.4 is 0 Å². The molecule has 0 radical (unpaired) electrons. The van der Waals surface area contributed by atoms with Crippen molar-refractivity contribution in [3.05, 3.63) is 42.1 Å². The van der Waals surface area contributed by atoms with Gasteiger partial charge in [0.05, 0.1) is 4.88 Å². The number of rotatable bonds is 2. The smallest absolute Gasteiger partial charge is 0.0549 e. The molecule has 0 amide bonds. The third-order valence-corrected chi connectivity index (χ3v) is 3.25. The second kappa shape index (κ2) is 4.03. The third kappa shape index (κ3) is 1.98. The molecule has 2 aromatic rings. The van der Waals surface area contributed by atoms with Gasteiger partial charge >= 0.3 is 0 Å². The zero-order chi connectivity index (χ0) is 9.10. The van der Waals surface area contributed by atoms with Gasteiger partial charge in [-0.1, -0.05) is 34.1 Å². The highest BCUT2D eigenvalue weighted by Crippen LogP contribution is 2.23. The second-order valence-electron chi connectivity index (χ2n) is 2.71. The molecule has 0 spiro atoms. The largest absolute Gasteiger partial charge is 0.201 e. The molecule has 0 aliphatic carbocycles. The van der Waals surface area contributed by atoms with Crippen LogP contribution in [0.5, 0.6) is 0 Å². The Morgan fingerprint density at radius 3 is 2.92 bits per heavy atom. The van der Waals surface area contributed by atoms with Crippen molar-refractivity contribution in [1.29, 1.82) is 0 Å². The number of hydrogen-bond acceptors (Lipinski definition) is 2. The van der Waals surface area contributed by atoms with Crippen LogP contribution in [0.2, 0.25) is 0 Å². The van der Waals surface area contributed by atoms with Crippen LogP contribution in [0, 0.1) is 0 Å². The highest BCUT2D eigenvalue weighted by atomic mass is 79.9. The fourth-order valence-corrected chi connectivity index (χ4v) is 2.11. The Hall–Kier alpha value is -0.670. The molecule has 0 bridgehead atoms. The third-order valence-electron chi connectivity index (χ3n) is 1.80. The van der Waals surface area contributed by atoms with Crippen molar-refractivity contribution < 1.29 is 0 Å². The van der Waals surface area contributed by atoms with Gasteiger partial charge in [-0.15, -0.1) is 0 Å². The van der Waals surface area contributed by atoms with E-state index in [2.05, 4.69) is 44.6 Å². The summed E-state index contributed by atoms with van der Waals surface area (Å²) < 4.78 is 4.08. The Morgan fingerprint density at radius 1 is 1.31 bits per heavy atom. The van der Waals surface area contributed by atoms with Gasteiger partial charge in [0.15, 0.2) is 0 Å². The Kier molecular flexibility index (Phi) is 2.76. The number of halogens is 1. The summed E-state index contributed by atoms with van der Waals surface area (Å²) in [5, 5.41) is 0.902. The first-order valence-electron chi connectivity index (χ1n) is 3.96. The summed E-state index contributed by atoms with van der Waals surface area (Å²) in [6.45, 7) is 0. The molecule has 0 saturated heterocycles. The van der Waals surface area contributed by atoms with Crippen molar-refractivity contribution in [2.24, 2.45) is 0 Å². The van der Waals surface area contributed by atoms with Crippen molar-refractivity contribution >= 4 is 27.5 Å². The zero-order valence-corrected chi connectivity index (χ0v) is 9.31. The van der Waals surface area contributed by atoms with Gasteiger partial charge in [0.25, 0.3) is 0 Å². The quantitative estimate of drug-likeness (QED) is 0.744. The molecule has 3 heteroatoms. The second-order valence-corrected chi connectivity index (χ2v) is 4.10. The predicted molar refractivity (Wildman–Crippen MR) is 60.2 cm³/mol. The summed E-state index contributed by atoms with van der Waals surface area (Å²) in [6, 6.07) is 10.5. The first-order chi connectivity index (χ1) is 6.40. The lowest BCUT2D eigenvalue weighted by Crippen LogP contribution is -1.77. The van der Waals surface area contributed by atoms with Crippen LogP contribution in [0.1, 0.15) is 5.56 Å². The van der Waals surface area contributed by atoms with E-state index in [1.807, 2.05) is 12.3 Å². The van der Waals surface area contributed by atoms with E-state index in [0.717, 1.165) is 5.33 Å². The number of nitrogens with zero attached hydrogens (tertiary/aromatic N) is 1. The number of aromatic nitrogens is 1. The van der Waals surface area contributed by atoms with E-state index in [0.29, 0.717) is 0 Å². The van der Waals surface area contributed by atoms with Gasteiger partial charge in [-0.2, -0.15) is 0 Å². The SMILES string of the molecule is BrCc1cccc(-c2ccns2)c1. The molecule has 0 fully saturated rings. The van der Waals surface area contributed by atoms with Gasteiger partial charge in [0, 0.05) is 11.5 Å². The molecule has 0 atom stereocenters. The van der Waals surface area contributed by atoms with E-state index in [1.165, 1.54) is 27.5 Å². The Morgan fingerprint density at radius 2 is 2.23 bits per heavy atom. The molecule has 0 unspecified atom stereocenters. The molecule has 66 valence electrons. The normalized spacial score (nSPS) is 10.2. The average molecular weight is 254 g/mol. The van der Waals surface area contributed by atoms with Gasteiger partial charge in [-0.05, 0) is 34.8 Å². The molecular formula is C10H8BrNS. The lowest BCUT2D eigenvalue weighted by Gasteiger charge is -1.98. The first kappa shape index (κ1) is 8.91. The van der Waals surface area contributed by atoms with Gasteiger partial charge in [-0.25, -0.2) is 4.37 Å². The van der Waals surface area contributed by atoms with E-state index < -0.39 is 0 Å². The zero-order valence-electron chi connectivity index (χ0n) is 6.90. The number of benzene rings is 1. The standard InChI is InChI=1S/C10H8BrNS/c11-7-8-2-1-3-9(6-8)10-4-5-12-13-10/h1-6H,7H2. The van der Waals surface area contributed by atoms with Gasteiger partial charge in [-0.3, -0.25) is 0 Å². The Bertz CT molecular complexity index is 384. The fourth-order valence-electron chi connectivity index (χ4n) is 1.17. The fraction of sp³-hybridized carbons (Fsp3) is 0.100. The van der Waals surface area contributed by atoms with Gasteiger partial charge in [0.1, 0.15) is 0 Å². The van der Waals surface area contributed by atoms with Crippen LogP contribution in [0.15, 0.2) is 36.5 Å². The summed E-state index contributed by atoms with van der Waals surface area (Å²) in [5.74, 6) is 0. The molecule has 0 aliphatic rings. The predicted octanol–water partition coefficient (Wildman–Crippen LogP) is 3.71. The molecular weight excluding hydrogens is 246 g/mol. The van der Waals surface area contributed by atoms with Gasteiger partial charge in [0.2, 0.25) is 0 Å². The Balaban J connectivity index is 2.41. The molecule has 0 saturated carbocycles. The summed E-state index contributed by atoms with van der Waals surface area (Å²) in [6.07, 6.45) is 1.83. The molecule has 1 nitrogen and oxygen atoms in total.